The van der Waals surface area contributed by atoms with Crippen LogP contribution in [0.1, 0.15) is 132 Å². The minimum absolute atomic E-state index is 0.324. The maximum absolute atomic E-state index is 15.3. The molecule has 0 radical (unpaired) electrons. The molecule has 2 aliphatic rings. The first-order chi connectivity index (χ1) is 56.9. The van der Waals surface area contributed by atoms with Crippen LogP contribution in [0, 0.1) is 23.3 Å². The van der Waals surface area contributed by atoms with E-state index < -0.39 is 10.8 Å². The molecular weight excluding hydrogens is 1430 g/mol. The molecule has 0 saturated carbocycles. The van der Waals surface area contributed by atoms with Crippen molar-refractivity contribution in [3.05, 3.63) is 443 Å². The molecule has 570 valence electrons. The molecule has 15 aromatic carbocycles. The quantitative estimate of drug-likeness (QED) is 0.0360. The van der Waals surface area contributed by atoms with Crippen LogP contribution < -0.4 is 19.3 Å². The summed E-state index contributed by atoms with van der Waals surface area (Å²) < 4.78 is 73.8. The van der Waals surface area contributed by atoms with Crippen molar-refractivity contribution in [1.82, 2.24) is 0 Å². The van der Waals surface area contributed by atoms with E-state index in [0.29, 0.717) is 23.0 Å². The second-order valence-electron chi connectivity index (χ2n) is 30.4. The summed E-state index contributed by atoms with van der Waals surface area (Å²) in [5.41, 5.74) is 24.7. The van der Waals surface area contributed by atoms with E-state index in [1.54, 1.807) is 36.4 Å². The van der Waals surface area contributed by atoms with E-state index in [1.165, 1.54) is 46.5 Å². The Morgan fingerprint density at radius 1 is 0.276 bits per heavy atom. The van der Waals surface area contributed by atoms with Gasteiger partial charge >= 0.3 is 0 Å². The van der Waals surface area contributed by atoms with Crippen molar-refractivity contribution < 1.29 is 27.0 Å². The number of ether oxygens (including phenoxy) is 2. The van der Waals surface area contributed by atoms with E-state index in [4.69, 9.17) is 9.47 Å². The summed E-state index contributed by atoms with van der Waals surface area (Å²) in [5, 5.41) is 0. The first-order valence-electron chi connectivity index (χ1n) is 40.4. The zero-order valence-electron chi connectivity index (χ0n) is 65.2. The lowest BCUT2D eigenvalue weighted by Gasteiger charge is -2.35. The fourth-order valence-corrected chi connectivity index (χ4v) is 17.7. The van der Waals surface area contributed by atoms with Crippen LogP contribution in [0.15, 0.2) is 353 Å². The Hall–Kier alpha value is -13.3. The summed E-state index contributed by atoms with van der Waals surface area (Å²) in [5.74, 6) is 1.45. The lowest BCUT2D eigenvalue weighted by molar-refractivity contribution is 0.482. The van der Waals surface area contributed by atoms with Crippen molar-refractivity contribution in [2.75, 3.05) is 9.80 Å². The number of halogens is 4. The standard InChI is InChI=1S/C108H88F4N2O2/c1-5-9-11-13-19-77-69-102(76-31-51-88(52-32-76)114(90-55-47-86(112)48-56-90)92-58-68-100-98-22-16-18-24-104(98)108(106(100)72-92,80-35-43-84(110)44-36-80)82-39-65-96(66-40-82)116-94-61-27-74(8-4)28-62-94)78(20-14-12-10-6-2)70-101(77)75-29-49-87(50-30-75)113(89-53-45-85(111)46-54-89)91-57-67-99-97-21-15-17-23-103(97)107(105(99)71-91,79-33-41-83(109)42-34-79)81-37-63-95(64-38-81)115-93-59-25-73(7-3)26-60-93/h7-8,15-18,21-72H,3-6,9-14,19-20H2,1-2H3. The third kappa shape index (κ3) is 14.5. The molecule has 15 aromatic rings. The summed E-state index contributed by atoms with van der Waals surface area (Å²) in [4.78, 5) is 4.41. The number of benzene rings is 15. The van der Waals surface area contributed by atoms with Gasteiger partial charge < -0.3 is 19.3 Å². The SMILES string of the molecule is C=Cc1ccc(Oc2ccc(C3(c4ccc(F)cc4)c4ccccc4-c4ccc(N(c5ccc(F)cc5)c5ccc(-c6cc(CCCCCC)c(-c7ccc(N(c8ccc(F)cc8)c8ccc9c(c8)C(c8ccc(F)cc8)(c8ccc(Oc%10ccc(C=C)cc%10)cc8)c8ccccc8-9)cc7)cc6CCCCCC)cc5)cc43)cc2)cc1. The third-order valence-corrected chi connectivity index (χ3v) is 23.4. The van der Waals surface area contributed by atoms with Gasteiger partial charge in [0.2, 0.25) is 0 Å². The molecular formula is C108H88F4N2O2. The Bertz CT molecular complexity index is 5650. The molecule has 0 aliphatic heterocycles. The van der Waals surface area contributed by atoms with Crippen molar-refractivity contribution in [1.29, 1.82) is 0 Å². The van der Waals surface area contributed by atoms with E-state index in [-0.39, 0.29) is 23.3 Å². The smallest absolute Gasteiger partial charge is 0.127 e. The van der Waals surface area contributed by atoms with Gasteiger partial charge in [-0.25, -0.2) is 17.6 Å². The zero-order chi connectivity index (χ0) is 79.3. The number of fused-ring (bicyclic) bond motifs is 6. The van der Waals surface area contributed by atoms with Gasteiger partial charge in [-0.05, 0) is 307 Å². The molecule has 17 rings (SSSR count). The second-order valence-corrected chi connectivity index (χ2v) is 30.4. The van der Waals surface area contributed by atoms with E-state index in [9.17, 15) is 0 Å². The van der Waals surface area contributed by atoms with Crippen LogP contribution in [0.25, 0.3) is 56.7 Å². The van der Waals surface area contributed by atoms with Crippen molar-refractivity contribution in [3.63, 3.8) is 0 Å². The molecule has 116 heavy (non-hydrogen) atoms. The van der Waals surface area contributed by atoms with Gasteiger partial charge in [0.1, 0.15) is 46.3 Å². The summed E-state index contributed by atoms with van der Waals surface area (Å²) >= 11 is 0. The lowest BCUT2D eigenvalue weighted by atomic mass is 9.67. The number of unbranched alkanes of at least 4 members (excludes halogenated alkanes) is 6. The van der Waals surface area contributed by atoms with Crippen LogP contribution in [0.3, 0.4) is 0 Å². The second kappa shape index (κ2) is 33.0. The van der Waals surface area contributed by atoms with Crippen LogP contribution in [-0.2, 0) is 23.7 Å². The van der Waals surface area contributed by atoms with Crippen molar-refractivity contribution in [2.45, 2.75) is 88.9 Å². The van der Waals surface area contributed by atoms with Gasteiger partial charge in [0.25, 0.3) is 0 Å². The van der Waals surface area contributed by atoms with Crippen LogP contribution in [0.4, 0.5) is 51.7 Å². The molecule has 2 unspecified atom stereocenters. The van der Waals surface area contributed by atoms with E-state index >= 15 is 17.6 Å². The first-order valence-corrected chi connectivity index (χ1v) is 40.4. The Morgan fingerprint density at radius 3 is 0.888 bits per heavy atom. The Kier molecular flexibility index (Phi) is 21.5. The Balaban J connectivity index is 0.749. The predicted molar refractivity (Wildman–Crippen MR) is 470 cm³/mol. The van der Waals surface area contributed by atoms with Gasteiger partial charge in [0.05, 0.1) is 10.8 Å². The number of nitrogens with zero attached hydrogens (tertiary/aromatic N) is 2. The largest absolute Gasteiger partial charge is 0.457 e. The molecule has 4 nitrogen and oxygen atoms in total. The van der Waals surface area contributed by atoms with Gasteiger partial charge in [-0.1, -0.05) is 248 Å². The minimum Gasteiger partial charge on any atom is -0.457 e. The topological polar surface area (TPSA) is 24.9 Å². The molecule has 0 bridgehead atoms. The number of aryl methyl sites for hydroxylation is 2. The highest BCUT2D eigenvalue weighted by molar-refractivity contribution is 5.92. The molecule has 0 heterocycles. The summed E-state index contributed by atoms with van der Waals surface area (Å²) in [6.07, 6.45) is 14.2. The molecule has 2 aliphatic carbocycles. The molecule has 2 atom stereocenters. The maximum atomic E-state index is 15.3. The Morgan fingerprint density at radius 2 is 0.560 bits per heavy atom. The highest BCUT2D eigenvalue weighted by Crippen LogP contribution is 2.60. The van der Waals surface area contributed by atoms with Crippen LogP contribution in [-0.4, -0.2) is 0 Å². The van der Waals surface area contributed by atoms with Crippen LogP contribution in [0.2, 0.25) is 0 Å². The first kappa shape index (κ1) is 75.4. The fraction of sp³-hybridized carbons (Fsp3) is 0.130. The summed E-state index contributed by atoms with van der Waals surface area (Å²) in [6, 6.07) is 112. The average Bonchev–Trinajstić information content (AvgIpc) is 1.53. The van der Waals surface area contributed by atoms with Gasteiger partial charge in [-0.3, -0.25) is 0 Å². The Labute approximate surface area is 678 Å². The number of rotatable bonds is 28. The van der Waals surface area contributed by atoms with Gasteiger partial charge in [-0.15, -0.1) is 0 Å². The van der Waals surface area contributed by atoms with Gasteiger partial charge in [-0.2, -0.15) is 0 Å². The van der Waals surface area contributed by atoms with Crippen molar-refractivity contribution in [2.24, 2.45) is 0 Å². The van der Waals surface area contributed by atoms with Gasteiger partial charge in [0.15, 0.2) is 0 Å². The predicted octanol–water partition coefficient (Wildman–Crippen LogP) is 30.4. The lowest BCUT2D eigenvalue weighted by Crippen LogP contribution is -2.28. The number of hydrogen-bond donors (Lipinski definition) is 0. The van der Waals surface area contributed by atoms with E-state index in [2.05, 4.69) is 207 Å². The molecule has 8 heteroatoms. The van der Waals surface area contributed by atoms with Crippen LogP contribution >= 0.6 is 0 Å². The average molecular weight is 1520 g/mol. The molecule has 0 amide bonds. The zero-order valence-corrected chi connectivity index (χ0v) is 65.2. The van der Waals surface area contributed by atoms with Crippen molar-refractivity contribution in [3.8, 4) is 67.5 Å². The third-order valence-electron chi connectivity index (χ3n) is 23.4. The van der Waals surface area contributed by atoms with Gasteiger partial charge in [0, 0.05) is 34.1 Å². The van der Waals surface area contributed by atoms with E-state index in [0.717, 1.165) is 187 Å². The highest BCUT2D eigenvalue weighted by Gasteiger charge is 2.48. The summed E-state index contributed by atoms with van der Waals surface area (Å²) in [6.45, 7) is 12.3. The monoisotopic (exact) mass is 1520 g/mol. The normalized spacial score (nSPS) is 14.3. The number of anilines is 6. The van der Waals surface area contributed by atoms with Crippen LogP contribution in [0.5, 0.6) is 23.0 Å². The van der Waals surface area contributed by atoms with E-state index in [1.807, 2.05) is 121 Å². The molecule has 0 saturated heterocycles. The molecule has 0 N–H and O–H groups in total. The summed E-state index contributed by atoms with van der Waals surface area (Å²) in [7, 11) is 0. The maximum Gasteiger partial charge on any atom is 0.127 e. The highest BCUT2D eigenvalue weighted by atomic mass is 19.1. The van der Waals surface area contributed by atoms with Crippen molar-refractivity contribution >= 4 is 46.3 Å². The minimum atomic E-state index is -0.898. The number of hydrogen-bond acceptors (Lipinski definition) is 4. The molecule has 0 aromatic heterocycles. The fourth-order valence-electron chi connectivity index (χ4n) is 17.7. The molecule has 0 spiro atoms. The molecule has 0 fully saturated rings.